The highest BCUT2D eigenvalue weighted by Crippen LogP contribution is 2.26. The van der Waals surface area contributed by atoms with Crippen molar-refractivity contribution in [2.24, 2.45) is 0 Å². The molecule has 1 aromatic heterocycles. The van der Waals surface area contributed by atoms with Crippen LogP contribution in [-0.4, -0.2) is 46.6 Å². The molecule has 0 saturated carbocycles. The zero-order valence-electron chi connectivity index (χ0n) is 10.9. The summed E-state index contributed by atoms with van der Waals surface area (Å²) in [7, 11) is 0. The van der Waals surface area contributed by atoms with E-state index in [1.54, 1.807) is 12.3 Å². The Kier molecular flexibility index (Phi) is 3.07. The van der Waals surface area contributed by atoms with Crippen LogP contribution < -0.4 is 10.6 Å². The number of fused-ring (bicyclic) bond motifs is 1. The van der Waals surface area contributed by atoms with E-state index in [1.807, 2.05) is 0 Å². The first-order valence-electron chi connectivity index (χ1n) is 6.83. The fourth-order valence-corrected chi connectivity index (χ4v) is 3.13. The van der Waals surface area contributed by atoms with Crippen LogP contribution in [0.15, 0.2) is 12.3 Å². The summed E-state index contributed by atoms with van der Waals surface area (Å²) in [6, 6.07) is 2.87. The van der Waals surface area contributed by atoms with Gasteiger partial charge in [0.1, 0.15) is 5.82 Å². The maximum Gasteiger partial charge on any atom is 0.227 e. The van der Waals surface area contributed by atoms with Crippen molar-refractivity contribution in [3.05, 3.63) is 12.3 Å². The lowest BCUT2D eigenvalue weighted by atomic mass is 9.97. The van der Waals surface area contributed by atoms with E-state index in [0.29, 0.717) is 17.9 Å². The topological polar surface area (TPSA) is 58.3 Å². The van der Waals surface area contributed by atoms with Crippen molar-refractivity contribution in [2.45, 2.75) is 38.3 Å². The molecular weight excluding hydrogens is 226 g/mol. The molecule has 2 aliphatic rings. The summed E-state index contributed by atoms with van der Waals surface area (Å²) < 4.78 is 0. The Morgan fingerprint density at radius 3 is 3.06 bits per heavy atom. The Morgan fingerprint density at radius 1 is 1.33 bits per heavy atom. The second-order valence-electron chi connectivity index (χ2n) is 5.43. The van der Waals surface area contributed by atoms with Crippen molar-refractivity contribution in [3.63, 3.8) is 0 Å². The summed E-state index contributed by atoms with van der Waals surface area (Å²) >= 11 is 0. The number of anilines is 2. The van der Waals surface area contributed by atoms with Crippen molar-refractivity contribution >= 4 is 11.8 Å². The first-order chi connectivity index (χ1) is 8.74. The Hall–Kier alpha value is -1.36. The van der Waals surface area contributed by atoms with Crippen LogP contribution in [0, 0.1) is 0 Å². The predicted octanol–water partition coefficient (Wildman–Crippen LogP) is 1.12. The normalized spacial score (nSPS) is 29.1. The van der Waals surface area contributed by atoms with Crippen LogP contribution in [0.3, 0.4) is 0 Å². The van der Waals surface area contributed by atoms with E-state index in [2.05, 4.69) is 26.7 Å². The van der Waals surface area contributed by atoms with Gasteiger partial charge in [-0.3, -0.25) is 4.90 Å². The number of nitrogens with two attached hydrogens (primary N) is 1. The van der Waals surface area contributed by atoms with Gasteiger partial charge in [-0.25, -0.2) is 4.98 Å². The van der Waals surface area contributed by atoms with Gasteiger partial charge in [-0.05, 0) is 32.4 Å². The molecular formula is C13H21N5. The minimum absolute atomic E-state index is 0.459. The van der Waals surface area contributed by atoms with Gasteiger partial charge in [0.2, 0.25) is 5.95 Å². The quantitative estimate of drug-likeness (QED) is 0.806. The molecule has 0 aromatic carbocycles. The number of nitrogens with zero attached hydrogens (tertiary/aromatic N) is 4. The number of hydrogen-bond acceptors (Lipinski definition) is 5. The van der Waals surface area contributed by atoms with Gasteiger partial charge in [-0.1, -0.05) is 6.42 Å². The lowest BCUT2D eigenvalue weighted by molar-refractivity contribution is 0.115. The largest absolute Gasteiger partial charge is 0.384 e. The zero-order valence-corrected chi connectivity index (χ0v) is 10.9. The van der Waals surface area contributed by atoms with Gasteiger partial charge in [0, 0.05) is 31.4 Å². The van der Waals surface area contributed by atoms with Gasteiger partial charge in [0.15, 0.2) is 0 Å². The first kappa shape index (κ1) is 11.7. The summed E-state index contributed by atoms with van der Waals surface area (Å²) in [6.07, 6.45) is 5.74. The molecule has 0 bridgehead atoms. The van der Waals surface area contributed by atoms with Crippen molar-refractivity contribution < 1.29 is 0 Å². The van der Waals surface area contributed by atoms with E-state index in [-0.39, 0.29) is 0 Å². The minimum Gasteiger partial charge on any atom is -0.384 e. The number of rotatable bonds is 1. The summed E-state index contributed by atoms with van der Waals surface area (Å²) in [5.41, 5.74) is 5.75. The number of hydrogen-bond donors (Lipinski definition) is 1. The van der Waals surface area contributed by atoms with Gasteiger partial charge in [0.05, 0.1) is 0 Å². The van der Waals surface area contributed by atoms with Gasteiger partial charge in [-0.15, -0.1) is 0 Å². The molecule has 2 atom stereocenters. The lowest BCUT2D eigenvalue weighted by Gasteiger charge is -2.47. The lowest BCUT2D eigenvalue weighted by Crippen LogP contribution is -2.59. The van der Waals surface area contributed by atoms with E-state index in [4.69, 9.17) is 5.73 Å². The van der Waals surface area contributed by atoms with Crippen molar-refractivity contribution in [1.29, 1.82) is 0 Å². The fraction of sp³-hybridized carbons (Fsp3) is 0.692. The molecule has 2 fully saturated rings. The molecule has 2 N–H and O–H groups in total. The van der Waals surface area contributed by atoms with Crippen LogP contribution in [0.25, 0.3) is 0 Å². The Morgan fingerprint density at radius 2 is 2.22 bits per heavy atom. The molecule has 0 amide bonds. The second-order valence-corrected chi connectivity index (χ2v) is 5.43. The van der Waals surface area contributed by atoms with Crippen LogP contribution >= 0.6 is 0 Å². The molecule has 3 heterocycles. The Labute approximate surface area is 108 Å². The summed E-state index contributed by atoms with van der Waals surface area (Å²) in [4.78, 5) is 13.7. The zero-order chi connectivity index (χ0) is 12.5. The maximum atomic E-state index is 5.75. The van der Waals surface area contributed by atoms with Crippen LogP contribution in [0.1, 0.15) is 26.2 Å². The number of piperidine rings is 1. The average Bonchev–Trinajstić information content (AvgIpc) is 2.38. The molecule has 0 radical (unpaired) electrons. The van der Waals surface area contributed by atoms with E-state index in [1.165, 1.54) is 25.8 Å². The van der Waals surface area contributed by atoms with Gasteiger partial charge < -0.3 is 10.6 Å². The van der Waals surface area contributed by atoms with Gasteiger partial charge in [-0.2, -0.15) is 4.98 Å². The van der Waals surface area contributed by atoms with Crippen molar-refractivity contribution in [1.82, 2.24) is 14.9 Å². The summed E-state index contributed by atoms with van der Waals surface area (Å²) in [5.74, 6) is 1.34. The third-order valence-corrected chi connectivity index (χ3v) is 4.11. The maximum absolute atomic E-state index is 5.75. The molecule has 5 heteroatoms. The molecule has 98 valence electrons. The molecule has 0 spiro atoms. The smallest absolute Gasteiger partial charge is 0.227 e. The third kappa shape index (κ3) is 2.14. The number of nitrogen functional groups attached to an aromatic ring is 1. The molecule has 2 unspecified atom stereocenters. The highest BCUT2D eigenvalue weighted by atomic mass is 15.4. The SMILES string of the molecule is CC1CN2CCCCC2CN1c1nccc(N)n1. The Bertz CT molecular complexity index is 422. The van der Waals surface area contributed by atoms with E-state index >= 15 is 0 Å². The van der Waals surface area contributed by atoms with Crippen LogP contribution in [0.4, 0.5) is 11.8 Å². The molecule has 0 aliphatic carbocycles. The number of aromatic nitrogens is 2. The fourth-order valence-electron chi connectivity index (χ4n) is 3.13. The van der Waals surface area contributed by atoms with Crippen molar-refractivity contribution in [2.75, 3.05) is 30.3 Å². The molecule has 3 rings (SSSR count). The van der Waals surface area contributed by atoms with Crippen LogP contribution in [0.2, 0.25) is 0 Å². The Balaban J connectivity index is 1.80. The summed E-state index contributed by atoms with van der Waals surface area (Å²) in [5, 5.41) is 0. The highest BCUT2D eigenvalue weighted by molar-refractivity contribution is 5.39. The van der Waals surface area contributed by atoms with Crippen LogP contribution in [0.5, 0.6) is 0 Å². The molecule has 18 heavy (non-hydrogen) atoms. The monoisotopic (exact) mass is 247 g/mol. The first-order valence-corrected chi connectivity index (χ1v) is 6.83. The molecule has 2 saturated heterocycles. The van der Waals surface area contributed by atoms with E-state index in [9.17, 15) is 0 Å². The van der Waals surface area contributed by atoms with Crippen LogP contribution in [-0.2, 0) is 0 Å². The highest BCUT2D eigenvalue weighted by Gasteiger charge is 2.33. The molecule has 1 aromatic rings. The number of piperazine rings is 1. The second kappa shape index (κ2) is 4.72. The minimum atomic E-state index is 0.459. The molecule has 2 aliphatic heterocycles. The summed E-state index contributed by atoms with van der Waals surface area (Å²) in [6.45, 7) is 5.64. The molecule has 5 nitrogen and oxygen atoms in total. The van der Waals surface area contributed by atoms with Gasteiger partial charge in [0.25, 0.3) is 0 Å². The van der Waals surface area contributed by atoms with E-state index < -0.39 is 0 Å². The average molecular weight is 247 g/mol. The third-order valence-electron chi connectivity index (χ3n) is 4.11. The van der Waals surface area contributed by atoms with E-state index in [0.717, 1.165) is 19.0 Å². The predicted molar refractivity (Wildman–Crippen MR) is 72.5 cm³/mol. The standard InChI is InChI=1S/C13H21N5/c1-10-8-17-7-3-2-4-11(17)9-18(10)13-15-6-5-12(14)16-13/h5-6,10-11H,2-4,7-9H2,1H3,(H2,14,15,16). The van der Waals surface area contributed by atoms with Crippen molar-refractivity contribution in [3.8, 4) is 0 Å². The van der Waals surface area contributed by atoms with Gasteiger partial charge >= 0.3 is 0 Å².